The summed E-state index contributed by atoms with van der Waals surface area (Å²) in [4.78, 5) is 11.8. The van der Waals surface area contributed by atoms with Crippen LogP contribution >= 0.6 is 0 Å². The van der Waals surface area contributed by atoms with Crippen molar-refractivity contribution in [2.75, 3.05) is 0 Å². The van der Waals surface area contributed by atoms with Crippen molar-refractivity contribution in [3.05, 3.63) is 95.3 Å². The SMILES string of the molecule is N#CN=C1c2cc(-c3ccccn3)c(C(F)(F)F)cc2-c2cc(C(F)(F)F)c(-c3ccccn3)cc21. The fourth-order valence-corrected chi connectivity index (χ4v) is 4.29. The van der Waals surface area contributed by atoms with Crippen LogP contribution in [0.3, 0.4) is 0 Å². The lowest BCUT2D eigenvalue weighted by molar-refractivity contribution is -0.138. The van der Waals surface area contributed by atoms with Crippen molar-refractivity contribution in [2.24, 2.45) is 4.99 Å². The van der Waals surface area contributed by atoms with Crippen LogP contribution in [0.25, 0.3) is 33.6 Å². The van der Waals surface area contributed by atoms with Crippen LogP contribution in [0.1, 0.15) is 22.3 Å². The van der Waals surface area contributed by atoms with Crippen LogP contribution in [0.4, 0.5) is 26.3 Å². The molecule has 0 saturated carbocycles. The number of halogens is 6. The Kier molecular flexibility index (Phi) is 5.36. The summed E-state index contributed by atoms with van der Waals surface area (Å²) in [6.07, 6.45) is -5.37. The Morgan fingerprint density at radius 2 is 1.06 bits per heavy atom. The molecule has 4 nitrogen and oxygen atoms in total. The Bertz CT molecular complexity index is 1440. The normalized spacial score (nSPS) is 12.6. The summed E-state index contributed by atoms with van der Waals surface area (Å²) < 4.78 is 84.5. The van der Waals surface area contributed by atoms with E-state index >= 15 is 0 Å². The van der Waals surface area contributed by atoms with E-state index < -0.39 is 23.5 Å². The fraction of sp³-hybridized carbons (Fsp3) is 0.0769. The van der Waals surface area contributed by atoms with Crippen LogP contribution < -0.4 is 0 Å². The van der Waals surface area contributed by atoms with E-state index in [9.17, 15) is 31.6 Å². The summed E-state index contributed by atoms with van der Waals surface area (Å²) in [5.41, 5.74) is -2.68. The van der Waals surface area contributed by atoms with Crippen LogP contribution in [-0.4, -0.2) is 15.7 Å². The molecule has 178 valence electrons. The first-order valence-electron chi connectivity index (χ1n) is 10.4. The van der Waals surface area contributed by atoms with Crippen molar-refractivity contribution in [1.82, 2.24) is 9.97 Å². The molecule has 36 heavy (non-hydrogen) atoms. The van der Waals surface area contributed by atoms with Gasteiger partial charge >= 0.3 is 12.4 Å². The molecule has 0 bridgehead atoms. The van der Waals surface area contributed by atoms with Crippen LogP contribution in [0.15, 0.2) is 78.0 Å². The van der Waals surface area contributed by atoms with E-state index in [-0.39, 0.29) is 50.5 Å². The molecule has 2 heterocycles. The molecule has 0 atom stereocenters. The third-order valence-corrected chi connectivity index (χ3v) is 5.77. The van der Waals surface area contributed by atoms with E-state index in [1.54, 1.807) is 18.3 Å². The standard InChI is InChI=1S/C26H12F6N4/c27-25(28,29)20-11-14-15-12-21(26(30,31)32)19(23-6-2-4-8-35-23)10-17(15)24(36-13-33)16(14)9-18(20)22-5-1-3-7-34-22/h1-12H. The Balaban J connectivity index is 1.85. The van der Waals surface area contributed by atoms with Gasteiger partial charge in [0.25, 0.3) is 0 Å². The Morgan fingerprint density at radius 1 is 0.611 bits per heavy atom. The molecule has 0 radical (unpaired) electrons. The van der Waals surface area contributed by atoms with E-state index in [4.69, 9.17) is 0 Å². The number of aromatic nitrogens is 2. The average molecular weight is 494 g/mol. The molecule has 0 aliphatic heterocycles. The number of aliphatic imine (C=N–C) groups is 1. The fourth-order valence-electron chi connectivity index (χ4n) is 4.29. The number of rotatable bonds is 2. The molecule has 4 aromatic rings. The van der Waals surface area contributed by atoms with Gasteiger partial charge in [-0.25, -0.2) is 0 Å². The van der Waals surface area contributed by atoms with E-state index in [0.717, 1.165) is 12.1 Å². The second-order valence-electron chi connectivity index (χ2n) is 7.87. The van der Waals surface area contributed by atoms with Gasteiger partial charge in [0.1, 0.15) is 0 Å². The minimum Gasteiger partial charge on any atom is -0.256 e. The Hall–Kier alpha value is -4.52. The molecule has 0 spiro atoms. The molecule has 1 aliphatic carbocycles. The molecule has 5 rings (SSSR count). The first kappa shape index (κ1) is 23.2. The zero-order valence-corrected chi connectivity index (χ0v) is 18.0. The number of hydrogen-bond donors (Lipinski definition) is 0. The first-order valence-corrected chi connectivity index (χ1v) is 10.4. The molecule has 0 fully saturated rings. The quantitative estimate of drug-likeness (QED) is 0.193. The predicted octanol–water partition coefficient (Wildman–Crippen LogP) is 7.15. The second kappa shape index (κ2) is 8.30. The van der Waals surface area contributed by atoms with E-state index in [0.29, 0.717) is 0 Å². The smallest absolute Gasteiger partial charge is 0.256 e. The molecular formula is C26H12F6N4. The number of benzene rings is 2. The molecule has 0 unspecified atom stereocenters. The second-order valence-corrected chi connectivity index (χ2v) is 7.87. The zero-order chi connectivity index (χ0) is 25.7. The largest absolute Gasteiger partial charge is 0.417 e. The van der Waals surface area contributed by atoms with Crippen molar-refractivity contribution < 1.29 is 26.3 Å². The van der Waals surface area contributed by atoms with Crippen molar-refractivity contribution in [3.8, 4) is 39.8 Å². The summed E-state index contributed by atoms with van der Waals surface area (Å²) in [5.74, 6) is 0. The van der Waals surface area contributed by atoms with Gasteiger partial charge in [-0.15, -0.1) is 0 Å². The minimum atomic E-state index is -4.82. The maximum atomic E-state index is 14.1. The minimum absolute atomic E-state index is 0.0186. The molecule has 0 amide bonds. The van der Waals surface area contributed by atoms with Gasteiger partial charge in [-0.1, -0.05) is 12.1 Å². The topological polar surface area (TPSA) is 61.9 Å². The molecule has 2 aromatic heterocycles. The maximum absolute atomic E-state index is 14.1. The lowest BCUT2D eigenvalue weighted by Gasteiger charge is -2.16. The van der Waals surface area contributed by atoms with Gasteiger partial charge in [-0.05, 0) is 59.7 Å². The highest BCUT2D eigenvalue weighted by atomic mass is 19.4. The Labute approximate surface area is 200 Å². The average Bonchev–Trinajstić information content (AvgIpc) is 3.15. The van der Waals surface area contributed by atoms with Crippen LogP contribution in [0, 0.1) is 11.5 Å². The number of alkyl halides is 6. The van der Waals surface area contributed by atoms with Crippen molar-refractivity contribution >= 4 is 5.71 Å². The van der Waals surface area contributed by atoms with Gasteiger partial charge < -0.3 is 0 Å². The monoisotopic (exact) mass is 494 g/mol. The molecule has 10 heteroatoms. The summed E-state index contributed by atoms with van der Waals surface area (Å²) in [6.45, 7) is 0. The lowest BCUT2D eigenvalue weighted by atomic mass is 9.93. The van der Waals surface area contributed by atoms with Gasteiger partial charge in [0.2, 0.25) is 6.19 Å². The van der Waals surface area contributed by atoms with E-state index in [1.165, 1.54) is 48.8 Å². The van der Waals surface area contributed by atoms with Crippen LogP contribution in [-0.2, 0) is 12.4 Å². The number of fused-ring (bicyclic) bond motifs is 3. The van der Waals surface area contributed by atoms with Crippen LogP contribution in [0.5, 0.6) is 0 Å². The number of pyridine rings is 2. The van der Waals surface area contributed by atoms with Crippen molar-refractivity contribution in [1.29, 1.82) is 5.26 Å². The molecular weight excluding hydrogens is 482 g/mol. The molecule has 0 saturated heterocycles. The van der Waals surface area contributed by atoms with E-state index in [2.05, 4.69) is 15.0 Å². The van der Waals surface area contributed by atoms with Gasteiger partial charge in [0.15, 0.2) is 0 Å². The van der Waals surface area contributed by atoms with Gasteiger partial charge in [-0.3, -0.25) is 9.97 Å². The molecule has 2 aromatic carbocycles. The number of nitrogens with zero attached hydrogens (tertiary/aromatic N) is 4. The molecule has 1 aliphatic rings. The number of hydrogen-bond acceptors (Lipinski definition) is 4. The highest BCUT2D eigenvalue weighted by Gasteiger charge is 2.40. The highest BCUT2D eigenvalue weighted by Crippen LogP contribution is 2.48. The maximum Gasteiger partial charge on any atom is 0.417 e. The van der Waals surface area contributed by atoms with Gasteiger partial charge in [0, 0.05) is 34.6 Å². The van der Waals surface area contributed by atoms with Crippen molar-refractivity contribution in [2.45, 2.75) is 12.4 Å². The van der Waals surface area contributed by atoms with Crippen LogP contribution in [0.2, 0.25) is 0 Å². The summed E-state index contributed by atoms with van der Waals surface area (Å²) in [6, 6.07) is 12.8. The summed E-state index contributed by atoms with van der Waals surface area (Å²) >= 11 is 0. The highest BCUT2D eigenvalue weighted by molar-refractivity contribution is 6.26. The molecule has 0 N–H and O–H groups in total. The lowest BCUT2D eigenvalue weighted by Crippen LogP contribution is -2.09. The van der Waals surface area contributed by atoms with Crippen molar-refractivity contribution in [3.63, 3.8) is 0 Å². The Morgan fingerprint density at radius 3 is 1.39 bits per heavy atom. The third-order valence-electron chi connectivity index (χ3n) is 5.77. The van der Waals surface area contributed by atoms with Gasteiger partial charge in [-0.2, -0.15) is 36.6 Å². The first-order chi connectivity index (χ1) is 17.1. The predicted molar refractivity (Wildman–Crippen MR) is 120 cm³/mol. The summed E-state index contributed by atoms with van der Waals surface area (Å²) in [7, 11) is 0. The number of nitriles is 1. The van der Waals surface area contributed by atoms with Gasteiger partial charge in [0.05, 0.1) is 28.2 Å². The van der Waals surface area contributed by atoms with E-state index in [1.807, 2.05) is 0 Å². The zero-order valence-electron chi connectivity index (χ0n) is 18.0. The third kappa shape index (κ3) is 3.88. The summed E-state index contributed by atoms with van der Waals surface area (Å²) in [5, 5.41) is 9.30.